The first kappa shape index (κ1) is 8.82. The number of hydrogen-bond donors (Lipinski definition) is 0. The van der Waals surface area contributed by atoms with Crippen molar-refractivity contribution in [1.29, 1.82) is 0 Å². The third-order valence-corrected chi connectivity index (χ3v) is 0. The second-order valence-corrected chi connectivity index (χ2v) is 0.236. The Morgan fingerprint density at radius 3 is 1.75 bits per heavy atom. The van der Waals surface area contributed by atoms with Crippen LogP contribution in [0, 0.1) is 0 Å². The van der Waals surface area contributed by atoms with E-state index in [-0.39, 0.29) is 26.2 Å². The molecule has 0 heterocycles. The molecule has 2 heteroatoms. The number of carbonyl (C=O) groups is 1. The third kappa shape index (κ3) is 20.1. The van der Waals surface area contributed by atoms with Crippen LogP contribution < -0.4 is 0 Å². The second-order valence-electron chi connectivity index (χ2n) is 0.236. The van der Waals surface area contributed by atoms with Crippen molar-refractivity contribution in [3.05, 3.63) is 0 Å². The van der Waals surface area contributed by atoms with E-state index in [1.165, 1.54) is 6.92 Å². The first-order valence-electron chi connectivity index (χ1n) is 0.813. The van der Waals surface area contributed by atoms with Gasteiger partial charge in [-0.05, 0) is 6.92 Å². The molecule has 0 aliphatic heterocycles. The summed E-state index contributed by atoms with van der Waals surface area (Å²) in [6, 6.07) is 0. The minimum absolute atomic E-state index is 0. The summed E-state index contributed by atoms with van der Waals surface area (Å²) in [7, 11) is 0. The second kappa shape index (κ2) is 9.60. The van der Waals surface area contributed by atoms with Crippen molar-refractivity contribution < 1.29 is 4.79 Å². The molecule has 0 aliphatic rings. The third-order valence-electron chi connectivity index (χ3n) is 0. The molecule has 0 saturated carbocycles. The van der Waals surface area contributed by atoms with Gasteiger partial charge < -0.3 is 4.79 Å². The molecule has 0 bridgehead atoms. The topological polar surface area (TPSA) is 17.1 Å². The quantitative estimate of drug-likeness (QED) is 0.402. The standard InChI is InChI=1S/C2H4O.Bi.3H/c1-2-3;;;;/h2H,1H3;;;;. The molecule has 26 valence electrons. The maximum atomic E-state index is 8.81. The summed E-state index contributed by atoms with van der Waals surface area (Å²) >= 11 is 0. The van der Waals surface area contributed by atoms with E-state index in [0.717, 1.165) is 6.29 Å². The van der Waals surface area contributed by atoms with Crippen LogP contribution in [0.2, 0.25) is 0 Å². The molecule has 0 aromatic rings. The van der Waals surface area contributed by atoms with E-state index in [2.05, 4.69) is 0 Å². The van der Waals surface area contributed by atoms with Gasteiger partial charge in [0.15, 0.2) is 0 Å². The molecular formula is C2H7BiO. The number of aldehydes is 1. The van der Waals surface area contributed by atoms with Crippen molar-refractivity contribution in [3.63, 3.8) is 0 Å². The molecule has 0 atom stereocenters. The molecule has 0 unspecified atom stereocenters. The van der Waals surface area contributed by atoms with Gasteiger partial charge in [0.05, 0.1) is 0 Å². The van der Waals surface area contributed by atoms with Crippen molar-refractivity contribution in [1.82, 2.24) is 0 Å². The summed E-state index contributed by atoms with van der Waals surface area (Å²) in [4.78, 5) is 8.81. The summed E-state index contributed by atoms with van der Waals surface area (Å²) in [5, 5.41) is 0. The predicted molar refractivity (Wildman–Crippen MR) is 21.7 cm³/mol. The van der Waals surface area contributed by atoms with Crippen molar-refractivity contribution in [3.8, 4) is 0 Å². The Morgan fingerprint density at radius 1 is 1.75 bits per heavy atom. The molecule has 0 saturated heterocycles. The van der Waals surface area contributed by atoms with E-state index in [0.29, 0.717) is 0 Å². The zero-order valence-electron chi connectivity index (χ0n) is 2.69. The van der Waals surface area contributed by atoms with Gasteiger partial charge in [-0.15, -0.1) is 0 Å². The van der Waals surface area contributed by atoms with Gasteiger partial charge in [0, 0.05) is 0 Å². The first-order valence-corrected chi connectivity index (χ1v) is 0.813. The van der Waals surface area contributed by atoms with E-state index in [1.807, 2.05) is 0 Å². The predicted octanol–water partition coefficient (Wildman–Crippen LogP) is -0.979. The van der Waals surface area contributed by atoms with Gasteiger partial charge in [0.1, 0.15) is 6.29 Å². The molecule has 0 amide bonds. The van der Waals surface area contributed by atoms with E-state index in [9.17, 15) is 0 Å². The molecule has 4 heavy (non-hydrogen) atoms. The Bertz CT molecular complexity index is 13.5. The summed E-state index contributed by atoms with van der Waals surface area (Å²) in [5.41, 5.74) is 0. The van der Waals surface area contributed by atoms with Crippen LogP contribution in [0.4, 0.5) is 0 Å². The summed E-state index contributed by atoms with van der Waals surface area (Å²) < 4.78 is 0. The van der Waals surface area contributed by atoms with Gasteiger partial charge >= 0.3 is 26.2 Å². The van der Waals surface area contributed by atoms with Gasteiger partial charge in [-0.2, -0.15) is 0 Å². The SMILES string of the molecule is CC=O.[BiH3]. The van der Waals surface area contributed by atoms with Crippen LogP contribution in [0.5, 0.6) is 0 Å². The Kier molecular flexibility index (Phi) is 21.2. The van der Waals surface area contributed by atoms with Gasteiger partial charge in [-0.1, -0.05) is 0 Å². The van der Waals surface area contributed by atoms with Crippen molar-refractivity contribution in [2.75, 3.05) is 0 Å². The Balaban J connectivity index is 0. The van der Waals surface area contributed by atoms with Gasteiger partial charge in [0.25, 0.3) is 0 Å². The molecule has 0 aliphatic carbocycles. The molecule has 0 spiro atoms. The summed E-state index contributed by atoms with van der Waals surface area (Å²) in [6.07, 6.45) is 0.750. The van der Waals surface area contributed by atoms with Crippen molar-refractivity contribution in [2.24, 2.45) is 0 Å². The molecule has 0 fully saturated rings. The van der Waals surface area contributed by atoms with Crippen molar-refractivity contribution >= 4 is 32.5 Å². The van der Waals surface area contributed by atoms with Crippen LogP contribution in [0.1, 0.15) is 6.92 Å². The zero-order chi connectivity index (χ0) is 2.71. The molecule has 0 aromatic carbocycles. The minimum atomic E-state index is 0. The van der Waals surface area contributed by atoms with E-state index < -0.39 is 0 Å². The Labute approximate surface area is 44.5 Å². The van der Waals surface area contributed by atoms with Crippen LogP contribution >= 0.6 is 0 Å². The molecule has 0 rings (SSSR count). The normalized spacial score (nSPS) is 3.25. The van der Waals surface area contributed by atoms with Gasteiger partial charge in [-0.25, -0.2) is 0 Å². The number of carbonyl (C=O) groups excluding carboxylic acids is 1. The monoisotopic (exact) mass is 256 g/mol. The van der Waals surface area contributed by atoms with Crippen molar-refractivity contribution in [2.45, 2.75) is 6.92 Å². The summed E-state index contributed by atoms with van der Waals surface area (Å²) in [6.45, 7) is 1.44. The Hall–Kier alpha value is 0.553. The fraction of sp³-hybridized carbons (Fsp3) is 0.500. The average Bonchev–Trinajstić information content (AvgIpc) is 0.918. The fourth-order valence-electron chi connectivity index (χ4n) is 0. The van der Waals surface area contributed by atoms with Gasteiger partial charge in [0.2, 0.25) is 0 Å². The zero-order valence-corrected chi connectivity index (χ0v) is 8.19. The number of hydrogen-bond acceptors (Lipinski definition) is 1. The number of rotatable bonds is 0. The van der Waals surface area contributed by atoms with Crippen LogP contribution in [0.25, 0.3) is 0 Å². The van der Waals surface area contributed by atoms with Crippen LogP contribution in [0.3, 0.4) is 0 Å². The van der Waals surface area contributed by atoms with Gasteiger partial charge in [-0.3, -0.25) is 0 Å². The van der Waals surface area contributed by atoms with E-state index in [1.54, 1.807) is 0 Å². The first-order chi connectivity index (χ1) is 1.41. The fourth-order valence-corrected chi connectivity index (χ4v) is 0. The Morgan fingerprint density at radius 2 is 1.75 bits per heavy atom. The molecule has 0 aromatic heterocycles. The van der Waals surface area contributed by atoms with Crippen LogP contribution in [-0.4, -0.2) is 32.5 Å². The maximum absolute atomic E-state index is 8.81. The molecule has 0 radical (unpaired) electrons. The van der Waals surface area contributed by atoms with Crippen LogP contribution in [-0.2, 0) is 4.79 Å². The van der Waals surface area contributed by atoms with E-state index in [4.69, 9.17) is 4.79 Å². The van der Waals surface area contributed by atoms with E-state index >= 15 is 0 Å². The molecule has 1 nitrogen and oxygen atoms in total. The molecule has 0 N–H and O–H groups in total. The molecular weight excluding hydrogens is 249 g/mol. The average molecular weight is 256 g/mol. The summed E-state index contributed by atoms with van der Waals surface area (Å²) in [5.74, 6) is 0. The van der Waals surface area contributed by atoms with Crippen LogP contribution in [0.15, 0.2) is 0 Å².